The van der Waals surface area contributed by atoms with Gasteiger partial charge in [-0.2, -0.15) is 0 Å². The van der Waals surface area contributed by atoms with Crippen LogP contribution in [0.5, 0.6) is 0 Å². The van der Waals surface area contributed by atoms with Crippen molar-refractivity contribution in [3.05, 3.63) is 24.5 Å². The first-order chi connectivity index (χ1) is 8.45. The fourth-order valence-corrected chi connectivity index (χ4v) is 1.72. The van der Waals surface area contributed by atoms with Gasteiger partial charge in [-0.25, -0.2) is 9.97 Å². The minimum atomic E-state index is -0.397. The molecule has 2 aromatic rings. The van der Waals surface area contributed by atoms with Crippen LogP contribution in [0.3, 0.4) is 0 Å². The van der Waals surface area contributed by atoms with E-state index in [0.29, 0.717) is 5.69 Å². The summed E-state index contributed by atoms with van der Waals surface area (Å²) in [5.41, 5.74) is 6.93. The molecule has 2 rings (SSSR count). The summed E-state index contributed by atoms with van der Waals surface area (Å²) in [5, 5.41) is 10.3. The van der Waals surface area contributed by atoms with Crippen molar-refractivity contribution in [2.45, 2.75) is 19.4 Å². The van der Waals surface area contributed by atoms with Gasteiger partial charge < -0.3 is 15.7 Å². The van der Waals surface area contributed by atoms with Gasteiger partial charge in [-0.1, -0.05) is 0 Å². The number of aliphatic hydroxyl groups excluding tert-OH is 1. The highest BCUT2D eigenvalue weighted by molar-refractivity contribution is 5.91. The Morgan fingerprint density at radius 3 is 2.72 bits per heavy atom. The van der Waals surface area contributed by atoms with Crippen molar-refractivity contribution in [2.75, 3.05) is 24.3 Å². The van der Waals surface area contributed by atoms with E-state index in [1.54, 1.807) is 0 Å². The van der Waals surface area contributed by atoms with E-state index in [1.807, 2.05) is 44.0 Å². The summed E-state index contributed by atoms with van der Waals surface area (Å²) in [7, 11) is 1.90. The van der Waals surface area contributed by atoms with Crippen molar-refractivity contribution in [1.82, 2.24) is 9.97 Å². The van der Waals surface area contributed by atoms with E-state index < -0.39 is 5.54 Å². The standard InChI is InChI=1S/C13H18N4O/c1-13(2,7-18)17(3)12-10-6-9(14)4-5-11(10)15-8-16-12/h4-6,8,18H,7,14H2,1-3H3. The fraction of sp³-hybridized carbons (Fsp3) is 0.385. The molecule has 0 aliphatic rings. The number of likely N-dealkylation sites (N-methyl/N-ethyl adjacent to an activating group) is 1. The van der Waals surface area contributed by atoms with Gasteiger partial charge in [0, 0.05) is 18.1 Å². The van der Waals surface area contributed by atoms with Crippen LogP contribution in [0.4, 0.5) is 11.5 Å². The van der Waals surface area contributed by atoms with E-state index in [9.17, 15) is 5.11 Å². The first-order valence-corrected chi connectivity index (χ1v) is 5.80. The summed E-state index contributed by atoms with van der Waals surface area (Å²) in [6.07, 6.45) is 1.53. The maximum absolute atomic E-state index is 9.44. The van der Waals surface area contributed by atoms with Gasteiger partial charge >= 0.3 is 0 Å². The van der Waals surface area contributed by atoms with Crippen LogP contribution in [0, 0.1) is 0 Å². The van der Waals surface area contributed by atoms with Gasteiger partial charge in [-0.05, 0) is 32.0 Å². The van der Waals surface area contributed by atoms with Crippen LogP contribution in [0.25, 0.3) is 10.9 Å². The molecule has 0 bridgehead atoms. The number of anilines is 2. The van der Waals surface area contributed by atoms with Crippen LogP contribution in [-0.2, 0) is 0 Å². The van der Waals surface area contributed by atoms with E-state index >= 15 is 0 Å². The Balaban J connectivity index is 2.60. The molecule has 0 saturated carbocycles. The number of aromatic nitrogens is 2. The molecule has 0 radical (unpaired) electrons. The number of nitrogens with zero attached hydrogens (tertiary/aromatic N) is 3. The van der Waals surface area contributed by atoms with Crippen LogP contribution in [0.15, 0.2) is 24.5 Å². The van der Waals surface area contributed by atoms with Crippen LogP contribution < -0.4 is 10.6 Å². The van der Waals surface area contributed by atoms with Gasteiger partial charge in [0.05, 0.1) is 17.7 Å². The minimum absolute atomic E-state index is 0.0390. The molecule has 96 valence electrons. The van der Waals surface area contributed by atoms with Crippen LogP contribution in [0.2, 0.25) is 0 Å². The minimum Gasteiger partial charge on any atom is -0.399 e. The second kappa shape index (κ2) is 4.42. The quantitative estimate of drug-likeness (QED) is 0.801. The summed E-state index contributed by atoms with van der Waals surface area (Å²) >= 11 is 0. The lowest BCUT2D eigenvalue weighted by molar-refractivity contribution is 0.216. The van der Waals surface area contributed by atoms with Gasteiger partial charge in [0.1, 0.15) is 12.1 Å². The van der Waals surface area contributed by atoms with Crippen LogP contribution in [0.1, 0.15) is 13.8 Å². The average molecular weight is 246 g/mol. The monoisotopic (exact) mass is 246 g/mol. The van der Waals surface area contributed by atoms with Crippen molar-refractivity contribution in [3.63, 3.8) is 0 Å². The van der Waals surface area contributed by atoms with Crippen molar-refractivity contribution in [2.24, 2.45) is 0 Å². The highest BCUT2D eigenvalue weighted by Crippen LogP contribution is 2.28. The molecule has 0 saturated heterocycles. The lowest BCUT2D eigenvalue weighted by Gasteiger charge is -2.35. The molecule has 0 aliphatic carbocycles. The van der Waals surface area contributed by atoms with E-state index in [-0.39, 0.29) is 6.61 Å². The third-order valence-electron chi connectivity index (χ3n) is 3.25. The first-order valence-electron chi connectivity index (χ1n) is 5.80. The highest BCUT2D eigenvalue weighted by atomic mass is 16.3. The molecule has 0 amide bonds. The number of aliphatic hydroxyl groups is 1. The first kappa shape index (κ1) is 12.6. The Morgan fingerprint density at radius 1 is 1.33 bits per heavy atom. The summed E-state index contributed by atoms with van der Waals surface area (Å²) in [5.74, 6) is 0.770. The van der Waals surface area contributed by atoms with Crippen molar-refractivity contribution < 1.29 is 5.11 Å². The number of fused-ring (bicyclic) bond motifs is 1. The van der Waals surface area contributed by atoms with Crippen molar-refractivity contribution >= 4 is 22.4 Å². The van der Waals surface area contributed by atoms with Crippen LogP contribution in [-0.4, -0.2) is 34.3 Å². The maximum Gasteiger partial charge on any atom is 0.140 e. The Bertz CT molecular complexity index is 568. The second-order valence-electron chi connectivity index (χ2n) is 5.00. The van der Waals surface area contributed by atoms with E-state index in [2.05, 4.69) is 9.97 Å². The molecule has 0 unspecified atom stereocenters. The number of nitrogens with two attached hydrogens (primary N) is 1. The number of benzene rings is 1. The predicted molar refractivity (Wildman–Crippen MR) is 73.5 cm³/mol. The van der Waals surface area contributed by atoms with Gasteiger partial charge in [-0.3, -0.25) is 0 Å². The van der Waals surface area contributed by atoms with Gasteiger partial charge in [-0.15, -0.1) is 0 Å². The summed E-state index contributed by atoms with van der Waals surface area (Å²) in [6.45, 7) is 3.94. The SMILES string of the molecule is CN(c1ncnc2ccc(N)cc12)C(C)(C)CO. The Morgan fingerprint density at radius 2 is 2.06 bits per heavy atom. The zero-order chi connectivity index (χ0) is 13.3. The summed E-state index contributed by atoms with van der Waals surface area (Å²) in [4.78, 5) is 10.5. The number of hydrogen-bond donors (Lipinski definition) is 2. The van der Waals surface area contributed by atoms with Gasteiger partial charge in [0.2, 0.25) is 0 Å². The molecule has 1 heterocycles. The van der Waals surface area contributed by atoms with Crippen molar-refractivity contribution in [1.29, 1.82) is 0 Å². The van der Waals surface area contributed by atoms with E-state index in [0.717, 1.165) is 16.7 Å². The Kier molecular flexibility index (Phi) is 3.09. The smallest absolute Gasteiger partial charge is 0.140 e. The molecule has 0 fully saturated rings. The second-order valence-corrected chi connectivity index (χ2v) is 5.00. The molecule has 1 aromatic carbocycles. The third-order valence-corrected chi connectivity index (χ3v) is 3.25. The number of nitrogen functional groups attached to an aromatic ring is 1. The molecule has 0 spiro atoms. The number of rotatable bonds is 3. The predicted octanol–water partition coefficient (Wildman–Crippen LogP) is 1.42. The largest absolute Gasteiger partial charge is 0.399 e. The summed E-state index contributed by atoms with van der Waals surface area (Å²) in [6, 6.07) is 5.54. The molecule has 1 aromatic heterocycles. The van der Waals surface area contributed by atoms with Gasteiger partial charge in [0.25, 0.3) is 0 Å². The lowest BCUT2D eigenvalue weighted by Crippen LogP contribution is -2.44. The van der Waals surface area contributed by atoms with Crippen LogP contribution >= 0.6 is 0 Å². The molecule has 0 atom stereocenters. The Labute approximate surface area is 106 Å². The zero-order valence-corrected chi connectivity index (χ0v) is 10.9. The molecule has 5 heteroatoms. The average Bonchev–Trinajstić information content (AvgIpc) is 2.37. The van der Waals surface area contributed by atoms with E-state index in [1.165, 1.54) is 6.33 Å². The molecule has 18 heavy (non-hydrogen) atoms. The van der Waals surface area contributed by atoms with E-state index in [4.69, 9.17) is 5.73 Å². The van der Waals surface area contributed by atoms with Crippen molar-refractivity contribution in [3.8, 4) is 0 Å². The fourth-order valence-electron chi connectivity index (χ4n) is 1.72. The maximum atomic E-state index is 9.44. The highest BCUT2D eigenvalue weighted by Gasteiger charge is 2.25. The molecule has 5 nitrogen and oxygen atoms in total. The topological polar surface area (TPSA) is 75.3 Å². The number of hydrogen-bond acceptors (Lipinski definition) is 5. The molecule has 0 aliphatic heterocycles. The molecule has 3 N–H and O–H groups in total. The zero-order valence-electron chi connectivity index (χ0n) is 10.9. The lowest BCUT2D eigenvalue weighted by atomic mass is 10.0. The van der Waals surface area contributed by atoms with Gasteiger partial charge in [0.15, 0.2) is 0 Å². The molecular formula is C13H18N4O. The molecular weight excluding hydrogens is 228 g/mol. The normalized spacial score (nSPS) is 11.8. The Hall–Kier alpha value is -1.88. The summed E-state index contributed by atoms with van der Waals surface area (Å²) < 4.78 is 0. The third kappa shape index (κ3) is 2.09.